The number of hydrogen-bond acceptors (Lipinski definition) is 4. The second-order valence-electron chi connectivity index (χ2n) is 1.43. The van der Waals surface area contributed by atoms with E-state index in [1.54, 1.807) is 0 Å². The Hall–Kier alpha value is -0.850. The fourth-order valence-electron chi connectivity index (χ4n) is 0.324. The highest BCUT2D eigenvalue weighted by atomic mass is 16.2. The molecule has 0 aromatic rings. The monoisotopic (exact) mass is 133 g/mol. The molecule has 0 spiro atoms. The topological polar surface area (TPSA) is 110 Å². The summed E-state index contributed by atoms with van der Waals surface area (Å²) in [6.07, 6.45) is 0. The largest absolute Gasteiger partial charge is 0.345 e. The molecule has 0 bridgehead atoms. The predicted octanol–water partition coefficient (Wildman–Crippen LogP) is -2.30. The molecule has 0 heterocycles. The van der Waals surface area contributed by atoms with Crippen molar-refractivity contribution in [1.82, 2.24) is 10.4 Å². The quantitative estimate of drug-likeness (QED) is 0.193. The highest BCUT2D eigenvalue weighted by Crippen LogP contribution is 1.73. The number of hydrogen-bond donors (Lipinski definition) is 4. The summed E-state index contributed by atoms with van der Waals surface area (Å²) >= 11 is 0. The summed E-state index contributed by atoms with van der Waals surface area (Å²) in [6, 6.07) is -0.541. The molecule has 6 heteroatoms. The van der Waals surface area contributed by atoms with Crippen molar-refractivity contribution in [3.05, 3.63) is 0 Å². The number of rotatable bonds is 2. The van der Waals surface area contributed by atoms with Crippen molar-refractivity contribution in [3.63, 3.8) is 0 Å². The molecule has 0 aromatic heterocycles. The molecular weight excluding hydrogens is 122 g/mol. The van der Waals surface area contributed by atoms with Crippen LogP contribution in [0.4, 0.5) is 4.79 Å². The summed E-state index contributed by atoms with van der Waals surface area (Å²) in [7, 11) is 0. The smallest absolute Gasteiger partial charge is 0.329 e. The zero-order chi connectivity index (χ0) is 7.28. The Morgan fingerprint density at radius 2 is 2.22 bits per heavy atom. The van der Waals surface area contributed by atoms with Crippen LogP contribution in [0.1, 0.15) is 0 Å². The van der Waals surface area contributed by atoms with E-state index in [4.69, 9.17) is 17.4 Å². The Morgan fingerprint density at radius 3 is 2.56 bits per heavy atom. The van der Waals surface area contributed by atoms with Crippen molar-refractivity contribution >= 4 is 6.03 Å². The van der Waals surface area contributed by atoms with Gasteiger partial charge in [0, 0.05) is 6.54 Å². The molecule has 7 N–H and O–H groups in total. The lowest BCUT2D eigenvalue weighted by atomic mass is 10.6. The summed E-state index contributed by atoms with van der Waals surface area (Å²) in [4.78, 5) is 10.4. The molecular formula is C3H11N5O. The van der Waals surface area contributed by atoms with Gasteiger partial charge in [0.15, 0.2) is 0 Å². The molecule has 0 aliphatic rings. The van der Waals surface area contributed by atoms with Gasteiger partial charge in [0.2, 0.25) is 0 Å². The van der Waals surface area contributed by atoms with Gasteiger partial charge in [-0.2, -0.15) is 0 Å². The minimum atomic E-state index is -0.541. The Morgan fingerprint density at radius 1 is 1.67 bits per heavy atom. The average Bonchev–Trinajstić information content (AvgIpc) is 1.87. The zero-order valence-electron chi connectivity index (χ0n) is 5.00. The fraction of sp³-hybridized carbons (Fsp3) is 0.667. The van der Waals surface area contributed by atoms with Gasteiger partial charge in [0.1, 0.15) is 0 Å². The lowest BCUT2D eigenvalue weighted by Gasteiger charge is -2.13. The van der Waals surface area contributed by atoms with E-state index in [2.05, 4.69) is 0 Å². The predicted molar refractivity (Wildman–Crippen MR) is 32.7 cm³/mol. The van der Waals surface area contributed by atoms with E-state index >= 15 is 0 Å². The van der Waals surface area contributed by atoms with Crippen LogP contribution in [0.5, 0.6) is 0 Å². The van der Waals surface area contributed by atoms with Crippen LogP contribution in [0, 0.1) is 0 Å². The number of carbonyl (C=O) groups is 1. The van der Waals surface area contributed by atoms with Gasteiger partial charge in [-0.25, -0.2) is 16.5 Å². The van der Waals surface area contributed by atoms with Crippen LogP contribution in [0.2, 0.25) is 0 Å². The molecule has 9 heavy (non-hydrogen) atoms. The van der Waals surface area contributed by atoms with Crippen LogP contribution in [0.15, 0.2) is 0 Å². The Labute approximate surface area is 52.9 Å². The van der Waals surface area contributed by atoms with E-state index in [1.807, 2.05) is 5.43 Å². The molecule has 0 saturated heterocycles. The van der Waals surface area contributed by atoms with Crippen molar-refractivity contribution in [2.24, 2.45) is 17.4 Å². The number of hydrazine groups is 2. The molecule has 54 valence electrons. The van der Waals surface area contributed by atoms with Gasteiger partial charge >= 0.3 is 6.03 Å². The van der Waals surface area contributed by atoms with Crippen LogP contribution in [-0.4, -0.2) is 24.1 Å². The van der Waals surface area contributed by atoms with E-state index < -0.39 is 6.03 Å². The van der Waals surface area contributed by atoms with Crippen LogP contribution in [0.3, 0.4) is 0 Å². The zero-order valence-corrected chi connectivity index (χ0v) is 5.00. The average molecular weight is 133 g/mol. The van der Waals surface area contributed by atoms with Crippen molar-refractivity contribution in [3.8, 4) is 0 Å². The van der Waals surface area contributed by atoms with E-state index in [9.17, 15) is 4.79 Å². The Balaban J connectivity index is 3.45. The minimum absolute atomic E-state index is 0.295. The van der Waals surface area contributed by atoms with E-state index in [0.29, 0.717) is 13.1 Å². The summed E-state index contributed by atoms with van der Waals surface area (Å²) in [6.45, 7) is 0.618. The van der Waals surface area contributed by atoms with Gasteiger partial charge in [0.05, 0.1) is 6.54 Å². The second-order valence-corrected chi connectivity index (χ2v) is 1.43. The fourth-order valence-corrected chi connectivity index (χ4v) is 0.324. The first-order chi connectivity index (χ1) is 4.22. The van der Waals surface area contributed by atoms with Gasteiger partial charge in [-0.3, -0.25) is 10.4 Å². The van der Waals surface area contributed by atoms with Gasteiger partial charge in [-0.15, -0.1) is 0 Å². The van der Waals surface area contributed by atoms with Crippen LogP contribution in [0.25, 0.3) is 0 Å². The minimum Gasteiger partial charge on any atom is -0.329 e. The van der Waals surface area contributed by atoms with Crippen LogP contribution >= 0.6 is 0 Å². The molecule has 0 rings (SSSR count). The maximum atomic E-state index is 10.4. The van der Waals surface area contributed by atoms with Gasteiger partial charge in [-0.05, 0) is 0 Å². The number of amides is 2. The SMILES string of the molecule is NCCN(N)C(=O)NN. The molecule has 0 unspecified atom stereocenters. The summed E-state index contributed by atoms with van der Waals surface area (Å²) in [5.74, 6) is 9.84. The van der Waals surface area contributed by atoms with Crippen molar-refractivity contribution < 1.29 is 4.79 Å². The number of urea groups is 1. The summed E-state index contributed by atoms with van der Waals surface area (Å²) < 4.78 is 0. The second kappa shape index (κ2) is 4.07. The third-order valence-corrected chi connectivity index (χ3v) is 0.754. The van der Waals surface area contributed by atoms with E-state index in [0.717, 1.165) is 5.01 Å². The standard InChI is InChI=1S/C3H11N5O/c4-1-2-8(6)3(9)7-5/h1-2,4-6H2,(H,7,9). The first-order valence-electron chi connectivity index (χ1n) is 2.45. The summed E-state index contributed by atoms with van der Waals surface area (Å²) in [5.41, 5.74) is 6.94. The first-order valence-corrected chi connectivity index (χ1v) is 2.45. The van der Waals surface area contributed by atoms with E-state index in [1.165, 1.54) is 0 Å². The highest BCUT2D eigenvalue weighted by molar-refractivity contribution is 5.72. The molecule has 0 saturated carbocycles. The van der Waals surface area contributed by atoms with Crippen LogP contribution in [-0.2, 0) is 0 Å². The molecule has 6 nitrogen and oxygen atoms in total. The lowest BCUT2D eigenvalue weighted by Crippen LogP contribution is -2.49. The van der Waals surface area contributed by atoms with Crippen molar-refractivity contribution in [2.45, 2.75) is 0 Å². The van der Waals surface area contributed by atoms with Gasteiger partial charge < -0.3 is 5.73 Å². The highest BCUT2D eigenvalue weighted by Gasteiger charge is 2.02. The molecule has 0 atom stereocenters. The number of nitrogens with two attached hydrogens (primary N) is 3. The maximum absolute atomic E-state index is 10.4. The van der Waals surface area contributed by atoms with Crippen molar-refractivity contribution in [1.29, 1.82) is 0 Å². The third kappa shape index (κ3) is 2.85. The van der Waals surface area contributed by atoms with Gasteiger partial charge in [0.25, 0.3) is 0 Å². The Kier molecular flexibility index (Phi) is 3.69. The normalized spacial score (nSPS) is 8.78. The van der Waals surface area contributed by atoms with Gasteiger partial charge in [-0.1, -0.05) is 0 Å². The van der Waals surface area contributed by atoms with Crippen LogP contribution < -0.4 is 22.8 Å². The molecule has 0 aromatic carbocycles. The third-order valence-electron chi connectivity index (χ3n) is 0.754. The lowest BCUT2D eigenvalue weighted by molar-refractivity contribution is 0.200. The molecule has 0 aliphatic heterocycles. The summed E-state index contributed by atoms with van der Waals surface area (Å²) in [5, 5.41) is 0.903. The molecule has 0 radical (unpaired) electrons. The molecule has 2 amide bonds. The Bertz CT molecular complexity index is 94.2. The first kappa shape index (κ1) is 8.15. The van der Waals surface area contributed by atoms with Crippen molar-refractivity contribution in [2.75, 3.05) is 13.1 Å². The molecule has 0 aliphatic carbocycles. The number of carbonyl (C=O) groups excluding carboxylic acids is 1. The number of nitrogens with zero attached hydrogens (tertiary/aromatic N) is 1. The number of nitrogens with one attached hydrogen (secondary N) is 1. The maximum Gasteiger partial charge on any atom is 0.345 e. The molecule has 0 fully saturated rings. The van der Waals surface area contributed by atoms with E-state index in [-0.39, 0.29) is 0 Å².